The van der Waals surface area contributed by atoms with Crippen molar-refractivity contribution in [3.05, 3.63) is 72.3 Å². The van der Waals surface area contributed by atoms with Crippen LogP contribution in [0.15, 0.2) is 66.7 Å². The van der Waals surface area contributed by atoms with Crippen molar-refractivity contribution >= 4 is 17.3 Å². The number of phenolic OH excluding ortho intramolecular Hbond substituents is 1. The van der Waals surface area contributed by atoms with Gasteiger partial charge in [0.15, 0.2) is 0 Å². The van der Waals surface area contributed by atoms with Gasteiger partial charge in [0.05, 0.1) is 12.8 Å². The number of hydrogen-bond donors (Lipinski definition) is 3. The first-order chi connectivity index (χ1) is 12.5. The zero-order valence-corrected chi connectivity index (χ0v) is 14.1. The number of nitrogens with two attached hydrogens (primary N) is 1. The lowest BCUT2D eigenvalue weighted by Crippen LogP contribution is -2.12. The average molecular weight is 350 g/mol. The quantitative estimate of drug-likeness (QED) is 0.604. The number of nitrogen functional groups attached to an aromatic ring is 1. The van der Waals surface area contributed by atoms with E-state index in [-0.39, 0.29) is 11.7 Å². The number of carbonyl (C=O) groups excluding carboxylic acids is 1. The Morgan fingerprint density at radius 1 is 0.962 bits per heavy atom. The van der Waals surface area contributed by atoms with Gasteiger partial charge in [0.2, 0.25) is 0 Å². The lowest BCUT2D eigenvalue weighted by molar-refractivity contribution is 0.102. The van der Waals surface area contributed by atoms with Crippen LogP contribution in [0.25, 0.3) is 0 Å². The van der Waals surface area contributed by atoms with E-state index in [2.05, 4.69) is 5.32 Å². The second-order valence-corrected chi connectivity index (χ2v) is 5.53. The van der Waals surface area contributed by atoms with Crippen molar-refractivity contribution in [1.29, 1.82) is 0 Å². The SMILES string of the molecule is COc1ccc(C(=O)Nc2ccc(Oc3ccc(O)cc3)c(N)c2)cc1. The molecule has 26 heavy (non-hydrogen) atoms. The standard InChI is InChI=1S/C20H18N2O4/c1-25-16-7-2-13(3-8-16)20(24)22-14-4-11-19(18(21)12-14)26-17-9-5-15(23)6-10-17/h2-12,23H,21H2,1H3,(H,22,24). The van der Waals surface area contributed by atoms with E-state index >= 15 is 0 Å². The minimum Gasteiger partial charge on any atom is -0.508 e. The predicted molar refractivity (Wildman–Crippen MR) is 100.0 cm³/mol. The zero-order valence-electron chi connectivity index (χ0n) is 14.1. The molecule has 0 fully saturated rings. The molecule has 0 heterocycles. The second kappa shape index (κ2) is 7.48. The lowest BCUT2D eigenvalue weighted by Gasteiger charge is -2.11. The van der Waals surface area contributed by atoms with E-state index in [1.807, 2.05) is 0 Å². The minimum atomic E-state index is -0.251. The fraction of sp³-hybridized carbons (Fsp3) is 0.0500. The van der Waals surface area contributed by atoms with Crippen molar-refractivity contribution in [2.45, 2.75) is 0 Å². The van der Waals surface area contributed by atoms with Gasteiger partial charge in [-0.1, -0.05) is 0 Å². The highest BCUT2D eigenvalue weighted by Crippen LogP contribution is 2.30. The molecule has 0 aliphatic heterocycles. The topological polar surface area (TPSA) is 93.8 Å². The van der Waals surface area contributed by atoms with Crippen LogP contribution in [0.5, 0.6) is 23.0 Å². The predicted octanol–water partition coefficient (Wildman–Crippen LogP) is 4.03. The van der Waals surface area contributed by atoms with E-state index in [9.17, 15) is 9.90 Å². The number of ether oxygens (including phenoxy) is 2. The highest BCUT2D eigenvalue weighted by molar-refractivity contribution is 6.04. The summed E-state index contributed by atoms with van der Waals surface area (Å²) in [6.07, 6.45) is 0. The summed E-state index contributed by atoms with van der Waals surface area (Å²) in [7, 11) is 1.57. The summed E-state index contributed by atoms with van der Waals surface area (Å²) in [5.74, 6) is 1.59. The van der Waals surface area contributed by atoms with Gasteiger partial charge < -0.3 is 25.6 Å². The Morgan fingerprint density at radius 2 is 1.62 bits per heavy atom. The first-order valence-electron chi connectivity index (χ1n) is 7.87. The van der Waals surface area contributed by atoms with Crippen molar-refractivity contribution in [3.8, 4) is 23.0 Å². The van der Waals surface area contributed by atoms with Gasteiger partial charge in [-0.2, -0.15) is 0 Å². The number of anilines is 2. The number of hydrogen-bond acceptors (Lipinski definition) is 5. The van der Waals surface area contributed by atoms with Gasteiger partial charge in [-0.25, -0.2) is 0 Å². The summed E-state index contributed by atoms with van der Waals surface area (Å²) in [5, 5.41) is 12.1. The van der Waals surface area contributed by atoms with Crippen molar-refractivity contribution in [2.75, 3.05) is 18.2 Å². The Morgan fingerprint density at radius 3 is 2.23 bits per heavy atom. The van der Waals surface area contributed by atoms with Gasteiger partial charge in [-0.3, -0.25) is 4.79 Å². The number of nitrogens with one attached hydrogen (secondary N) is 1. The van der Waals surface area contributed by atoms with Crippen molar-refractivity contribution in [1.82, 2.24) is 0 Å². The molecule has 6 heteroatoms. The van der Waals surface area contributed by atoms with Crippen LogP contribution in [0.3, 0.4) is 0 Å². The Kier molecular flexibility index (Phi) is 4.94. The number of phenols is 1. The van der Waals surface area contributed by atoms with Crippen LogP contribution in [0, 0.1) is 0 Å². The third-order valence-corrected chi connectivity index (χ3v) is 3.68. The number of methoxy groups -OCH3 is 1. The molecule has 3 aromatic rings. The van der Waals surface area contributed by atoms with Crippen LogP contribution in [-0.4, -0.2) is 18.1 Å². The number of benzene rings is 3. The van der Waals surface area contributed by atoms with Gasteiger partial charge >= 0.3 is 0 Å². The van der Waals surface area contributed by atoms with E-state index in [0.717, 1.165) is 0 Å². The maximum Gasteiger partial charge on any atom is 0.255 e. The van der Waals surface area contributed by atoms with E-state index in [1.165, 1.54) is 12.1 Å². The molecular weight excluding hydrogens is 332 g/mol. The fourth-order valence-corrected chi connectivity index (χ4v) is 2.31. The van der Waals surface area contributed by atoms with E-state index in [4.69, 9.17) is 15.2 Å². The number of carbonyl (C=O) groups is 1. The molecule has 0 unspecified atom stereocenters. The second-order valence-electron chi connectivity index (χ2n) is 5.53. The number of rotatable bonds is 5. The zero-order chi connectivity index (χ0) is 18.5. The molecule has 0 aliphatic rings. The van der Waals surface area contributed by atoms with E-state index in [0.29, 0.717) is 34.2 Å². The third kappa shape index (κ3) is 4.05. The fourth-order valence-electron chi connectivity index (χ4n) is 2.31. The monoisotopic (exact) mass is 350 g/mol. The molecule has 6 nitrogen and oxygen atoms in total. The molecule has 3 rings (SSSR count). The largest absolute Gasteiger partial charge is 0.508 e. The smallest absolute Gasteiger partial charge is 0.255 e. The molecule has 132 valence electrons. The Labute approximate surface area is 150 Å². The van der Waals surface area contributed by atoms with Crippen LogP contribution in [0.4, 0.5) is 11.4 Å². The van der Waals surface area contributed by atoms with Crippen molar-refractivity contribution in [3.63, 3.8) is 0 Å². The molecule has 0 radical (unpaired) electrons. The van der Waals surface area contributed by atoms with Crippen LogP contribution < -0.4 is 20.5 Å². The van der Waals surface area contributed by atoms with E-state index < -0.39 is 0 Å². The van der Waals surface area contributed by atoms with Gasteiger partial charge in [-0.05, 0) is 66.7 Å². The number of aromatic hydroxyl groups is 1. The molecule has 0 saturated heterocycles. The minimum absolute atomic E-state index is 0.155. The molecule has 3 aromatic carbocycles. The van der Waals surface area contributed by atoms with Crippen molar-refractivity contribution in [2.24, 2.45) is 0 Å². The van der Waals surface area contributed by atoms with Crippen LogP contribution in [0.2, 0.25) is 0 Å². The molecule has 0 aliphatic carbocycles. The summed E-state index contributed by atoms with van der Waals surface area (Å²) >= 11 is 0. The first-order valence-corrected chi connectivity index (χ1v) is 7.87. The van der Waals surface area contributed by atoms with Gasteiger partial charge in [-0.15, -0.1) is 0 Å². The summed E-state index contributed by atoms with van der Waals surface area (Å²) in [6.45, 7) is 0. The average Bonchev–Trinajstić information content (AvgIpc) is 2.65. The summed E-state index contributed by atoms with van der Waals surface area (Å²) in [4.78, 5) is 12.3. The molecule has 0 saturated carbocycles. The molecule has 1 amide bonds. The Balaban J connectivity index is 1.70. The third-order valence-electron chi connectivity index (χ3n) is 3.68. The molecule has 4 N–H and O–H groups in total. The van der Waals surface area contributed by atoms with Crippen LogP contribution >= 0.6 is 0 Å². The van der Waals surface area contributed by atoms with Gasteiger partial charge in [0.1, 0.15) is 23.0 Å². The van der Waals surface area contributed by atoms with Gasteiger partial charge in [0.25, 0.3) is 5.91 Å². The Bertz CT molecular complexity index is 906. The van der Waals surface area contributed by atoms with Crippen LogP contribution in [-0.2, 0) is 0 Å². The normalized spacial score (nSPS) is 10.2. The maximum atomic E-state index is 12.3. The maximum absolute atomic E-state index is 12.3. The highest BCUT2D eigenvalue weighted by Gasteiger charge is 2.09. The molecule has 0 atom stereocenters. The molecular formula is C20H18N2O4. The van der Waals surface area contributed by atoms with Crippen LogP contribution in [0.1, 0.15) is 10.4 Å². The first kappa shape index (κ1) is 17.2. The van der Waals surface area contributed by atoms with E-state index in [1.54, 1.807) is 61.7 Å². The lowest BCUT2D eigenvalue weighted by atomic mass is 10.2. The van der Waals surface area contributed by atoms with Gasteiger partial charge in [0, 0.05) is 11.3 Å². The number of amides is 1. The Hall–Kier alpha value is -3.67. The summed E-state index contributed by atoms with van der Waals surface area (Å²) in [6, 6.07) is 18.1. The summed E-state index contributed by atoms with van der Waals surface area (Å²) in [5.41, 5.74) is 7.45. The molecule has 0 bridgehead atoms. The summed E-state index contributed by atoms with van der Waals surface area (Å²) < 4.78 is 10.7. The highest BCUT2D eigenvalue weighted by atomic mass is 16.5. The molecule has 0 spiro atoms. The van der Waals surface area contributed by atoms with Crippen molar-refractivity contribution < 1.29 is 19.4 Å². The molecule has 0 aromatic heterocycles.